The molecule has 8 heteroatoms. The number of nitrogens with zero attached hydrogens (tertiary/aromatic N) is 2. The molecule has 0 spiro atoms. The highest BCUT2D eigenvalue weighted by Gasteiger charge is 2.34. The summed E-state index contributed by atoms with van der Waals surface area (Å²) in [5.74, 6) is 5.94. The molecule has 0 unspecified atom stereocenters. The summed E-state index contributed by atoms with van der Waals surface area (Å²) in [6.45, 7) is 5.63. The van der Waals surface area contributed by atoms with Gasteiger partial charge in [-0.05, 0) is 45.2 Å². The maximum atomic E-state index is 12.1. The van der Waals surface area contributed by atoms with Crippen molar-refractivity contribution < 1.29 is 14.6 Å². The monoisotopic (exact) mass is 394 g/mol. The summed E-state index contributed by atoms with van der Waals surface area (Å²) < 4.78 is 5.35. The molecule has 1 amide bonds. The van der Waals surface area contributed by atoms with Gasteiger partial charge in [0.2, 0.25) is 5.28 Å². The van der Waals surface area contributed by atoms with Crippen molar-refractivity contribution in [2.45, 2.75) is 64.0 Å². The van der Waals surface area contributed by atoms with Gasteiger partial charge >= 0.3 is 6.09 Å². The molecule has 0 radical (unpaired) electrons. The van der Waals surface area contributed by atoms with Crippen molar-refractivity contribution in [1.82, 2.24) is 15.3 Å². The lowest BCUT2D eigenvalue weighted by molar-refractivity contribution is 0.0512. The summed E-state index contributed by atoms with van der Waals surface area (Å²) >= 11 is 5.96. The third kappa shape index (κ3) is 6.89. The van der Waals surface area contributed by atoms with E-state index in [9.17, 15) is 4.79 Å². The van der Waals surface area contributed by atoms with Gasteiger partial charge in [0.1, 0.15) is 18.0 Å². The summed E-state index contributed by atoms with van der Waals surface area (Å²) in [6, 6.07) is 0. The molecule has 0 aromatic carbocycles. The molecule has 0 aliphatic heterocycles. The molecule has 0 atom stereocenters. The average Bonchev–Trinajstić information content (AvgIpc) is 2.59. The van der Waals surface area contributed by atoms with E-state index in [1.807, 2.05) is 20.8 Å². The number of carbonyl (C=O) groups is 1. The first-order valence-electron chi connectivity index (χ1n) is 9.10. The highest BCUT2D eigenvalue weighted by Crippen LogP contribution is 2.32. The van der Waals surface area contributed by atoms with Crippen LogP contribution in [0, 0.1) is 11.8 Å². The fourth-order valence-corrected chi connectivity index (χ4v) is 3.20. The van der Waals surface area contributed by atoms with Crippen LogP contribution in [0.25, 0.3) is 0 Å². The Hall–Kier alpha value is -2.04. The van der Waals surface area contributed by atoms with Gasteiger partial charge < -0.3 is 20.5 Å². The number of aliphatic hydroxyl groups excluding tert-OH is 1. The van der Waals surface area contributed by atoms with E-state index in [1.165, 1.54) is 6.20 Å². The minimum absolute atomic E-state index is 0.109. The van der Waals surface area contributed by atoms with Crippen molar-refractivity contribution in [3.8, 4) is 11.8 Å². The Balaban J connectivity index is 2.19. The fourth-order valence-electron chi connectivity index (χ4n) is 3.06. The lowest BCUT2D eigenvalue weighted by Gasteiger charge is -2.39. The lowest BCUT2D eigenvalue weighted by atomic mass is 9.81. The molecule has 0 saturated heterocycles. The van der Waals surface area contributed by atoms with Gasteiger partial charge in [-0.25, -0.2) is 9.78 Å². The Kier molecular flexibility index (Phi) is 7.28. The summed E-state index contributed by atoms with van der Waals surface area (Å²) in [5, 5.41) is 15.4. The number of ether oxygens (including phenoxy) is 1. The zero-order chi connectivity index (χ0) is 19.9. The quantitative estimate of drug-likeness (QED) is 0.536. The highest BCUT2D eigenvalue weighted by atomic mass is 35.5. The van der Waals surface area contributed by atoms with Crippen LogP contribution in [0.3, 0.4) is 0 Å². The second kappa shape index (κ2) is 9.25. The number of hydrogen-bond acceptors (Lipinski definition) is 6. The van der Waals surface area contributed by atoms with Crippen molar-refractivity contribution in [3.63, 3.8) is 0 Å². The van der Waals surface area contributed by atoms with Gasteiger partial charge in [0.05, 0.1) is 11.1 Å². The second-order valence-corrected chi connectivity index (χ2v) is 8.02. The van der Waals surface area contributed by atoms with Crippen LogP contribution in [0.2, 0.25) is 5.28 Å². The molecule has 3 N–H and O–H groups in total. The van der Waals surface area contributed by atoms with Gasteiger partial charge in [0, 0.05) is 12.7 Å². The largest absolute Gasteiger partial charge is 0.444 e. The zero-order valence-electron chi connectivity index (χ0n) is 16.1. The van der Waals surface area contributed by atoms with Crippen molar-refractivity contribution >= 4 is 23.5 Å². The summed E-state index contributed by atoms with van der Waals surface area (Å²) in [5.41, 5.74) is -0.372. The van der Waals surface area contributed by atoms with Gasteiger partial charge in [-0.15, -0.1) is 0 Å². The number of alkyl carbamates (subject to hydrolysis) is 1. The van der Waals surface area contributed by atoms with E-state index >= 15 is 0 Å². The van der Waals surface area contributed by atoms with Crippen LogP contribution in [0.15, 0.2) is 6.20 Å². The summed E-state index contributed by atoms with van der Waals surface area (Å²) in [4.78, 5) is 20.3. The third-order valence-corrected chi connectivity index (χ3v) is 4.41. The van der Waals surface area contributed by atoms with Gasteiger partial charge in [-0.3, -0.25) is 0 Å². The van der Waals surface area contributed by atoms with Crippen LogP contribution < -0.4 is 10.6 Å². The van der Waals surface area contributed by atoms with Gasteiger partial charge in [0.15, 0.2) is 0 Å². The van der Waals surface area contributed by atoms with E-state index in [0.29, 0.717) is 17.9 Å². The van der Waals surface area contributed by atoms with E-state index in [4.69, 9.17) is 21.4 Å². The molecule has 7 nitrogen and oxygen atoms in total. The Morgan fingerprint density at radius 3 is 2.70 bits per heavy atom. The molecule has 148 valence electrons. The van der Waals surface area contributed by atoms with Crippen LogP contribution >= 0.6 is 11.6 Å². The minimum atomic E-state index is -0.551. The number of hydrogen-bond donors (Lipinski definition) is 3. The van der Waals surface area contributed by atoms with Crippen molar-refractivity contribution in [2.75, 3.05) is 18.5 Å². The number of halogens is 1. The van der Waals surface area contributed by atoms with Crippen molar-refractivity contribution in [2.24, 2.45) is 0 Å². The number of aromatic nitrogens is 2. The number of rotatable bonds is 4. The predicted octanol–water partition coefficient (Wildman–Crippen LogP) is 3.11. The number of anilines is 1. The van der Waals surface area contributed by atoms with E-state index in [2.05, 4.69) is 32.4 Å². The summed E-state index contributed by atoms with van der Waals surface area (Å²) in [7, 11) is 0. The molecular formula is C19H27ClN4O3. The lowest BCUT2D eigenvalue weighted by Crippen LogP contribution is -2.51. The van der Waals surface area contributed by atoms with Crippen molar-refractivity contribution in [1.29, 1.82) is 0 Å². The molecule has 27 heavy (non-hydrogen) atoms. The van der Waals surface area contributed by atoms with Gasteiger partial charge in [-0.2, -0.15) is 4.98 Å². The van der Waals surface area contributed by atoms with Crippen LogP contribution in [0.1, 0.15) is 58.4 Å². The Morgan fingerprint density at radius 1 is 1.37 bits per heavy atom. The Labute approximate surface area is 165 Å². The second-order valence-electron chi connectivity index (χ2n) is 7.68. The summed E-state index contributed by atoms with van der Waals surface area (Å²) in [6.07, 6.45) is 6.05. The highest BCUT2D eigenvalue weighted by molar-refractivity contribution is 6.28. The van der Waals surface area contributed by atoms with Gasteiger partial charge in [-0.1, -0.05) is 31.1 Å². The van der Waals surface area contributed by atoms with E-state index in [0.717, 1.165) is 32.1 Å². The first-order chi connectivity index (χ1) is 12.7. The van der Waals surface area contributed by atoms with Gasteiger partial charge in [0.25, 0.3) is 0 Å². The Morgan fingerprint density at radius 2 is 2.07 bits per heavy atom. The minimum Gasteiger partial charge on any atom is -0.444 e. The smallest absolute Gasteiger partial charge is 0.407 e. The maximum absolute atomic E-state index is 12.1. The standard InChI is InChI=1S/C19H27ClN4O3/c1-18(2,3)27-17(26)22-13-19(9-5-4-6-10-19)24-15-14(8-7-11-25)12-21-16(20)23-15/h12,25H,4-6,9-11,13H2,1-3H3,(H,22,26)(H,21,23,24). The molecule has 1 aromatic rings. The zero-order valence-corrected chi connectivity index (χ0v) is 16.8. The molecular weight excluding hydrogens is 368 g/mol. The number of amides is 1. The van der Waals surface area contributed by atoms with Crippen LogP contribution in [0.4, 0.5) is 10.6 Å². The van der Waals surface area contributed by atoms with E-state index in [1.54, 1.807) is 0 Å². The topological polar surface area (TPSA) is 96.4 Å². The molecule has 0 bridgehead atoms. The number of nitrogens with one attached hydrogen (secondary N) is 2. The van der Waals surface area contributed by atoms with Crippen LogP contribution in [-0.4, -0.2) is 45.5 Å². The normalized spacial score (nSPS) is 16.0. The SMILES string of the molecule is CC(C)(C)OC(=O)NCC1(Nc2nc(Cl)ncc2C#CCO)CCCCC1. The van der Waals surface area contributed by atoms with E-state index in [-0.39, 0.29) is 17.4 Å². The maximum Gasteiger partial charge on any atom is 0.407 e. The predicted molar refractivity (Wildman–Crippen MR) is 105 cm³/mol. The van der Waals surface area contributed by atoms with E-state index < -0.39 is 11.7 Å². The molecule has 1 aliphatic carbocycles. The molecule has 1 saturated carbocycles. The first kappa shape index (κ1) is 21.3. The molecule has 1 aliphatic rings. The molecule has 1 fully saturated rings. The third-order valence-electron chi connectivity index (χ3n) is 4.23. The van der Waals surface area contributed by atoms with Crippen LogP contribution in [-0.2, 0) is 4.74 Å². The number of carbonyl (C=O) groups excluding carboxylic acids is 1. The fraction of sp³-hybridized carbons (Fsp3) is 0.632. The molecule has 1 heterocycles. The number of aliphatic hydroxyl groups is 1. The first-order valence-corrected chi connectivity index (χ1v) is 9.48. The van der Waals surface area contributed by atoms with Crippen LogP contribution in [0.5, 0.6) is 0 Å². The van der Waals surface area contributed by atoms with Crippen molar-refractivity contribution in [3.05, 3.63) is 17.0 Å². The average molecular weight is 395 g/mol. The molecule has 2 rings (SSSR count). The molecule has 1 aromatic heterocycles. The Bertz CT molecular complexity index is 716.